The van der Waals surface area contributed by atoms with Crippen LogP contribution in [0, 0.1) is 6.92 Å². The summed E-state index contributed by atoms with van der Waals surface area (Å²) in [6.07, 6.45) is 5.29. The summed E-state index contributed by atoms with van der Waals surface area (Å²) >= 11 is 0. The monoisotopic (exact) mass is 352 g/mol. The van der Waals surface area contributed by atoms with Crippen molar-refractivity contribution in [1.82, 2.24) is 25.3 Å². The molecule has 134 valence electrons. The maximum absolute atomic E-state index is 12.5. The second kappa shape index (κ2) is 7.09. The van der Waals surface area contributed by atoms with E-state index < -0.39 is 0 Å². The summed E-state index contributed by atoms with van der Waals surface area (Å²) in [4.78, 5) is 16.8. The van der Waals surface area contributed by atoms with Crippen LogP contribution in [0.1, 0.15) is 35.1 Å². The number of amides is 1. The van der Waals surface area contributed by atoms with E-state index in [1.165, 1.54) is 0 Å². The Morgan fingerprint density at radius 2 is 2.19 bits per heavy atom. The van der Waals surface area contributed by atoms with Gasteiger partial charge in [0.1, 0.15) is 6.26 Å². The third-order valence-corrected chi connectivity index (χ3v) is 4.41. The van der Waals surface area contributed by atoms with E-state index in [-0.39, 0.29) is 5.91 Å². The lowest BCUT2D eigenvalue weighted by molar-refractivity contribution is 0.102. The van der Waals surface area contributed by atoms with E-state index >= 15 is 0 Å². The number of piperidine rings is 1. The van der Waals surface area contributed by atoms with E-state index in [1.807, 2.05) is 31.2 Å². The Morgan fingerprint density at radius 1 is 1.35 bits per heavy atom. The molecule has 0 radical (unpaired) electrons. The number of carbonyl (C=O) groups excluding carboxylic acids is 1. The fraction of sp³-hybridized carbons (Fsp3) is 0.333. The van der Waals surface area contributed by atoms with Crippen molar-refractivity contribution >= 4 is 11.6 Å². The average Bonchev–Trinajstić information content (AvgIpc) is 3.32. The van der Waals surface area contributed by atoms with Crippen molar-refractivity contribution in [3.63, 3.8) is 0 Å². The highest BCUT2D eigenvalue weighted by Gasteiger charge is 2.19. The summed E-state index contributed by atoms with van der Waals surface area (Å²) in [5.74, 6) is 0.237. The Balaban J connectivity index is 1.47. The van der Waals surface area contributed by atoms with Gasteiger partial charge in [0.05, 0.1) is 17.9 Å². The van der Waals surface area contributed by atoms with Crippen molar-refractivity contribution in [2.45, 2.75) is 25.8 Å². The van der Waals surface area contributed by atoms with Crippen molar-refractivity contribution in [2.24, 2.45) is 0 Å². The molecule has 1 aromatic carbocycles. The maximum Gasteiger partial charge on any atom is 0.277 e. The van der Waals surface area contributed by atoms with Crippen LogP contribution in [0.3, 0.4) is 0 Å². The number of oxazole rings is 1. The van der Waals surface area contributed by atoms with Crippen LogP contribution in [0.5, 0.6) is 0 Å². The molecule has 0 spiro atoms. The predicted octanol–water partition coefficient (Wildman–Crippen LogP) is 2.42. The van der Waals surface area contributed by atoms with E-state index in [0.29, 0.717) is 23.3 Å². The number of aryl methyl sites for hydroxylation is 1. The largest absolute Gasteiger partial charge is 0.444 e. The number of carbonyl (C=O) groups is 1. The third kappa shape index (κ3) is 3.50. The lowest BCUT2D eigenvalue weighted by atomic mass is 10.1. The highest BCUT2D eigenvalue weighted by molar-refractivity contribution is 6.02. The van der Waals surface area contributed by atoms with E-state index in [0.717, 1.165) is 37.2 Å². The van der Waals surface area contributed by atoms with Crippen LogP contribution < -0.4 is 10.6 Å². The van der Waals surface area contributed by atoms with Crippen molar-refractivity contribution in [3.05, 3.63) is 48.1 Å². The maximum atomic E-state index is 12.5. The van der Waals surface area contributed by atoms with Gasteiger partial charge in [0, 0.05) is 11.3 Å². The SMILES string of the molecule is Cc1coc(-c2cccc(NC(=O)c3cn(C4CCNCC4)nn3)c2)n1. The third-order valence-electron chi connectivity index (χ3n) is 4.41. The Labute approximate surface area is 150 Å². The minimum Gasteiger partial charge on any atom is -0.444 e. The fourth-order valence-electron chi connectivity index (χ4n) is 3.04. The van der Waals surface area contributed by atoms with Gasteiger partial charge in [-0.15, -0.1) is 5.10 Å². The number of benzene rings is 1. The van der Waals surface area contributed by atoms with Gasteiger partial charge in [-0.05, 0) is 51.1 Å². The first-order valence-corrected chi connectivity index (χ1v) is 8.65. The van der Waals surface area contributed by atoms with Crippen LogP contribution >= 0.6 is 0 Å². The van der Waals surface area contributed by atoms with Crippen LogP contribution in [-0.4, -0.2) is 39.0 Å². The van der Waals surface area contributed by atoms with Crippen LogP contribution in [0.25, 0.3) is 11.5 Å². The second-order valence-electron chi connectivity index (χ2n) is 6.39. The number of rotatable bonds is 4. The second-order valence-corrected chi connectivity index (χ2v) is 6.39. The molecule has 0 aliphatic carbocycles. The number of hydrogen-bond acceptors (Lipinski definition) is 6. The minimum atomic E-state index is -0.286. The Hall–Kier alpha value is -3.00. The molecule has 1 aliphatic rings. The standard InChI is InChI=1S/C18H20N6O2/c1-12-11-26-18(20-12)13-3-2-4-14(9-13)21-17(25)16-10-24(23-22-16)15-5-7-19-8-6-15/h2-4,9-11,15,19H,5-8H2,1H3,(H,21,25). The Kier molecular flexibility index (Phi) is 4.49. The topological polar surface area (TPSA) is 97.9 Å². The molecule has 3 heterocycles. The zero-order valence-electron chi connectivity index (χ0n) is 14.5. The van der Waals surface area contributed by atoms with Crippen LogP contribution in [0.4, 0.5) is 5.69 Å². The highest BCUT2D eigenvalue weighted by atomic mass is 16.3. The molecule has 8 nitrogen and oxygen atoms in total. The summed E-state index contributed by atoms with van der Waals surface area (Å²) in [6, 6.07) is 7.65. The van der Waals surface area contributed by atoms with Gasteiger partial charge in [-0.1, -0.05) is 11.3 Å². The molecule has 1 amide bonds. The summed E-state index contributed by atoms with van der Waals surface area (Å²) in [5, 5.41) is 14.3. The van der Waals surface area contributed by atoms with E-state index in [1.54, 1.807) is 17.1 Å². The lowest BCUT2D eigenvalue weighted by Gasteiger charge is -2.22. The number of hydrogen-bond donors (Lipinski definition) is 2. The first-order valence-electron chi connectivity index (χ1n) is 8.65. The zero-order chi connectivity index (χ0) is 17.9. The number of anilines is 1. The summed E-state index contributed by atoms with van der Waals surface area (Å²) in [5.41, 5.74) is 2.57. The van der Waals surface area contributed by atoms with Gasteiger partial charge < -0.3 is 15.1 Å². The fourth-order valence-corrected chi connectivity index (χ4v) is 3.04. The molecule has 26 heavy (non-hydrogen) atoms. The first-order chi connectivity index (χ1) is 12.7. The molecule has 8 heteroatoms. The minimum absolute atomic E-state index is 0.286. The molecule has 0 atom stereocenters. The molecule has 1 saturated heterocycles. The quantitative estimate of drug-likeness (QED) is 0.748. The molecule has 4 rings (SSSR count). The molecule has 2 N–H and O–H groups in total. The van der Waals surface area contributed by atoms with Crippen molar-refractivity contribution < 1.29 is 9.21 Å². The van der Waals surface area contributed by atoms with Gasteiger partial charge in [0.15, 0.2) is 5.69 Å². The lowest BCUT2D eigenvalue weighted by Crippen LogP contribution is -2.29. The van der Waals surface area contributed by atoms with Gasteiger partial charge in [0.2, 0.25) is 5.89 Å². The van der Waals surface area contributed by atoms with Gasteiger partial charge in [-0.3, -0.25) is 4.79 Å². The number of aromatic nitrogens is 4. The number of nitrogens with zero attached hydrogens (tertiary/aromatic N) is 4. The predicted molar refractivity (Wildman–Crippen MR) is 95.8 cm³/mol. The van der Waals surface area contributed by atoms with Gasteiger partial charge in [-0.2, -0.15) is 0 Å². The van der Waals surface area contributed by atoms with Crippen molar-refractivity contribution in [1.29, 1.82) is 0 Å². The molecule has 3 aromatic rings. The summed E-state index contributed by atoms with van der Waals surface area (Å²) < 4.78 is 7.20. The van der Waals surface area contributed by atoms with E-state index in [9.17, 15) is 4.79 Å². The zero-order valence-corrected chi connectivity index (χ0v) is 14.5. The summed E-state index contributed by atoms with van der Waals surface area (Å²) in [6.45, 7) is 3.78. The first kappa shape index (κ1) is 16.5. The van der Waals surface area contributed by atoms with Crippen molar-refractivity contribution in [2.75, 3.05) is 18.4 Å². The average molecular weight is 352 g/mol. The molecular formula is C18H20N6O2. The van der Waals surface area contributed by atoms with E-state index in [4.69, 9.17) is 4.42 Å². The van der Waals surface area contributed by atoms with Crippen LogP contribution in [0.15, 0.2) is 41.1 Å². The van der Waals surface area contributed by atoms with Gasteiger partial charge in [-0.25, -0.2) is 9.67 Å². The highest BCUT2D eigenvalue weighted by Crippen LogP contribution is 2.22. The van der Waals surface area contributed by atoms with Gasteiger partial charge in [0.25, 0.3) is 5.91 Å². The molecule has 0 saturated carbocycles. The molecule has 0 unspecified atom stereocenters. The molecule has 0 bridgehead atoms. The molecular weight excluding hydrogens is 332 g/mol. The number of nitrogens with one attached hydrogen (secondary N) is 2. The smallest absolute Gasteiger partial charge is 0.277 e. The normalized spacial score (nSPS) is 15.1. The van der Waals surface area contributed by atoms with E-state index in [2.05, 4.69) is 25.9 Å². The van der Waals surface area contributed by atoms with Crippen LogP contribution in [0.2, 0.25) is 0 Å². The Morgan fingerprint density at radius 3 is 2.96 bits per heavy atom. The summed E-state index contributed by atoms with van der Waals surface area (Å²) in [7, 11) is 0. The molecule has 2 aromatic heterocycles. The molecule has 1 aliphatic heterocycles. The van der Waals surface area contributed by atoms with Crippen molar-refractivity contribution in [3.8, 4) is 11.5 Å². The van der Waals surface area contributed by atoms with Gasteiger partial charge >= 0.3 is 0 Å². The molecule has 1 fully saturated rings. The Bertz CT molecular complexity index is 910. The van der Waals surface area contributed by atoms with Crippen LogP contribution in [-0.2, 0) is 0 Å².